The fraction of sp³-hybridized carbons (Fsp3) is 0.400. The molecule has 0 aliphatic rings. The molecular weight excluding hydrogens is 350 g/mol. The number of halogens is 4. The number of rotatable bonds is 3. The van der Waals surface area contributed by atoms with Gasteiger partial charge in [-0.15, -0.1) is 0 Å². The molecule has 0 fully saturated rings. The number of esters is 1. The zero-order valence-electron chi connectivity index (χ0n) is 8.84. The molecule has 3 nitrogen and oxygen atoms in total. The highest BCUT2D eigenvalue weighted by atomic mass is 127. The molecule has 0 unspecified atom stereocenters. The highest BCUT2D eigenvalue weighted by molar-refractivity contribution is 14.1. The van der Waals surface area contributed by atoms with Crippen LogP contribution in [0.4, 0.5) is 13.2 Å². The fourth-order valence-electron chi connectivity index (χ4n) is 1.24. The summed E-state index contributed by atoms with van der Waals surface area (Å²) in [5, 5.41) is 0. The Morgan fingerprint density at radius 1 is 1.53 bits per heavy atom. The number of pyridine rings is 1. The second-order valence-corrected chi connectivity index (χ2v) is 4.25. The highest BCUT2D eigenvalue weighted by Gasteiger charge is 2.34. The lowest BCUT2D eigenvalue weighted by Gasteiger charge is -2.12. The van der Waals surface area contributed by atoms with Crippen molar-refractivity contribution in [2.75, 3.05) is 6.61 Å². The van der Waals surface area contributed by atoms with Crippen LogP contribution in [-0.4, -0.2) is 17.6 Å². The van der Waals surface area contributed by atoms with Crippen LogP contribution in [0.1, 0.15) is 18.1 Å². The smallest absolute Gasteiger partial charge is 0.418 e. The first-order valence-electron chi connectivity index (χ1n) is 4.71. The summed E-state index contributed by atoms with van der Waals surface area (Å²) >= 11 is 1.79. The molecule has 17 heavy (non-hydrogen) atoms. The Hall–Kier alpha value is -0.860. The maximum absolute atomic E-state index is 12.6. The molecule has 1 heterocycles. The molecule has 0 saturated carbocycles. The van der Waals surface area contributed by atoms with E-state index in [1.54, 1.807) is 29.5 Å². The molecule has 7 heteroatoms. The van der Waals surface area contributed by atoms with E-state index in [1.165, 1.54) is 6.07 Å². The third kappa shape index (κ3) is 4.14. The minimum Gasteiger partial charge on any atom is -0.466 e. The van der Waals surface area contributed by atoms with Crippen LogP contribution < -0.4 is 0 Å². The van der Waals surface area contributed by atoms with Crippen molar-refractivity contribution >= 4 is 28.6 Å². The quantitative estimate of drug-likeness (QED) is 0.473. The van der Waals surface area contributed by atoms with Crippen LogP contribution in [0.3, 0.4) is 0 Å². The topological polar surface area (TPSA) is 39.2 Å². The number of nitrogens with zero attached hydrogens (tertiary/aromatic N) is 1. The molecule has 0 radical (unpaired) electrons. The van der Waals surface area contributed by atoms with Gasteiger partial charge in [0.05, 0.1) is 18.6 Å². The van der Waals surface area contributed by atoms with Crippen molar-refractivity contribution in [3.63, 3.8) is 0 Å². The zero-order chi connectivity index (χ0) is 13.1. The van der Waals surface area contributed by atoms with E-state index < -0.39 is 24.1 Å². The van der Waals surface area contributed by atoms with Gasteiger partial charge in [0, 0.05) is 6.20 Å². The van der Waals surface area contributed by atoms with Gasteiger partial charge >= 0.3 is 12.1 Å². The fourth-order valence-corrected chi connectivity index (χ4v) is 1.75. The van der Waals surface area contributed by atoms with Gasteiger partial charge in [0.15, 0.2) is 0 Å². The van der Waals surface area contributed by atoms with Crippen molar-refractivity contribution in [2.45, 2.75) is 19.5 Å². The summed E-state index contributed by atoms with van der Waals surface area (Å²) in [7, 11) is 0. The van der Waals surface area contributed by atoms with Gasteiger partial charge in [0.2, 0.25) is 0 Å². The standard InChI is InChI=1S/C10H9F3INO2/c1-2-17-9(16)4-6-3-8(14)15-5-7(6)10(11,12)13/h3,5H,2,4H2,1H3. The molecule has 0 amide bonds. The van der Waals surface area contributed by atoms with Gasteiger partial charge < -0.3 is 4.74 Å². The number of alkyl halides is 3. The largest absolute Gasteiger partial charge is 0.466 e. The van der Waals surface area contributed by atoms with E-state index in [0.717, 1.165) is 6.20 Å². The first-order chi connectivity index (χ1) is 7.84. The van der Waals surface area contributed by atoms with Gasteiger partial charge in [0.25, 0.3) is 0 Å². The van der Waals surface area contributed by atoms with E-state index in [0.29, 0.717) is 3.70 Å². The second-order valence-electron chi connectivity index (χ2n) is 3.14. The van der Waals surface area contributed by atoms with Crippen LogP contribution in [0.15, 0.2) is 12.3 Å². The Kier molecular flexibility index (Phi) is 4.72. The summed E-state index contributed by atoms with van der Waals surface area (Å²) in [5.74, 6) is -0.681. The van der Waals surface area contributed by atoms with E-state index in [1.807, 2.05) is 0 Å². The Labute approximate surface area is 110 Å². The predicted molar refractivity (Wildman–Crippen MR) is 62.3 cm³/mol. The predicted octanol–water partition coefficient (Wildman–Crippen LogP) is 2.81. The summed E-state index contributed by atoms with van der Waals surface area (Å²) < 4.78 is 42.9. The van der Waals surface area contributed by atoms with Crippen molar-refractivity contribution < 1.29 is 22.7 Å². The van der Waals surface area contributed by atoms with Crippen LogP contribution in [0.2, 0.25) is 0 Å². The molecule has 94 valence electrons. The summed E-state index contributed by atoms with van der Waals surface area (Å²) in [6, 6.07) is 1.24. The zero-order valence-corrected chi connectivity index (χ0v) is 11.0. The van der Waals surface area contributed by atoms with Gasteiger partial charge in [-0.3, -0.25) is 4.79 Å². The molecule has 0 spiro atoms. The number of carbonyl (C=O) groups is 1. The van der Waals surface area contributed by atoms with Crippen LogP contribution in [0.5, 0.6) is 0 Å². The van der Waals surface area contributed by atoms with E-state index in [-0.39, 0.29) is 12.2 Å². The normalized spacial score (nSPS) is 11.4. The number of aromatic nitrogens is 1. The van der Waals surface area contributed by atoms with Crippen LogP contribution in [0.25, 0.3) is 0 Å². The lowest BCUT2D eigenvalue weighted by atomic mass is 10.1. The molecular formula is C10H9F3INO2. The van der Waals surface area contributed by atoms with E-state index in [2.05, 4.69) is 9.72 Å². The average Bonchev–Trinajstić information content (AvgIpc) is 2.15. The first-order valence-corrected chi connectivity index (χ1v) is 5.79. The van der Waals surface area contributed by atoms with Gasteiger partial charge in [-0.2, -0.15) is 13.2 Å². The van der Waals surface area contributed by atoms with E-state index in [9.17, 15) is 18.0 Å². The van der Waals surface area contributed by atoms with Crippen molar-refractivity contribution in [2.24, 2.45) is 0 Å². The second kappa shape index (κ2) is 5.65. The van der Waals surface area contributed by atoms with Crippen LogP contribution in [-0.2, 0) is 22.1 Å². The summed E-state index contributed by atoms with van der Waals surface area (Å²) in [6.45, 7) is 1.74. The minimum absolute atomic E-state index is 0.115. The Balaban J connectivity index is 3.04. The first kappa shape index (κ1) is 14.2. The molecule has 0 aliphatic carbocycles. The third-order valence-electron chi connectivity index (χ3n) is 1.90. The van der Waals surface area contributed by atoms with Crippen LogP contribution in [0, 0.1) is 3.70 Å². The molecule has 1 aromatic heterocycles. The molecule has 1 rings (SSSR count). The lowest BCUT2D eigenvalue weighted by Crippen LogP contribution is -2.15. The average molecular weight is 359 g/mol. The highest BCUT2D eigenvalue weighted by Crippen LogP contribution is 2.32. The summed E-state index contributed by atoms with van der Waals surface area (Å²) in [6.07, 6.45) is -4.18. The van der Waals surface area contributed by atoms with E-state index in [4.69, 9.17) is 0 Å². The lowest BCUT2D eigenvalue weighted by molar-refractivity contribution is -0.143. The molecule has 0 N–H and O–H groups in total. The SMILES string of the molecule is CCOC(=O)Cc1cc(I)ncc1C(F)(F)F. The molecule has 1 aromatic rings. The Morgan fingerprint density at radius 3 is 2.71 bits per heavy atom. The van der Waals surface area contributed by atoms with Crippen molar-refractivity contribution in [1.82, 2.24) is 4.98 Å². The maximum Gasteiger partial charge on any atom is 0.418 e. The van der Waals surface area contributed by atoms with Gasteiger partial charge in [0.1, 0.15) is 3.70 Å². The molecule has 0 saturated heterocycles. The molecule has 0 bridgehead atoms. The van der Waals surface area contributed by atoms with Gasteiger partial charge in [-0.05, 0) is 41.1 Å². The van der Waals surface area contributed by atoms with Gasteiger partial charge in [-0.25, -0.2) is 4.98 Å². The van der Waals surface area contributed by atoms with Crippen molar-refractivity contribution in [1.29, 1.82) is 0 Å². The molecule has 0 aliphatic heterocycles. The monoisotopic (exact) mass is 359 g/mol. The van der Waals surface area contributed by atoms with E-state index >= 15 is 0 Å². The van der Waals surface area contributed by atoms with Gasteiger partial charge in [-0.1, -0.05) is 0 Å². The molecule has 0 atom stereocenters. The Bertz CT molecular complexity index is 421. The van der Waals surface area contributed by atoms with Crippen LogP contribution >= 0.6 is 22.6 Å². The summed E-state index contributed by atoms with van der Waals surface area (Å²) in [4.78, 5) is 14.8. The molecule has 0 aromatic carbocycles. The Morgan fingerprint density at radius 2 is 2.18 bits per heavy atom. The summed E-state index contributed by atoms with van der Waals surface area (Å²) in [5.41, 5.74) is -1.01. The number of hydrogen-bond donors (Lipinski definition) is 0. The minimum atomic E-state index is -4.51. The number of carbonyl (C=O) groups excluding carboxylic acids is 1. The van der Waals surface area contributed by atoms with Crippen molar-refractivity contribution in [3.05, 3.63) is 27.1 Å². The number of hydrogen-bond acceptors (Lipinski definition) is 3. The van der Waals surface area contributed by atoms with Crippen molar-refractivity contribution in [3.8, 4) is 0 Å². The maximum atomic E-state index is 12.6. The third-order valence-corrected chi connectivity index (χ3v) is 2.49. The number of ether oxygens (including phenoxy) is 1.